The maximum atomic E-state index is 12.8. The van der Waals surface area contributed by atoms with Gasteiger partial charge in [-0.15, -0.1) is 0 Å². The predicted molar refractivity (Wildman–Crippen MR) is 98.9 cm³/mol. The molecule has 1 aromatic carbocycles. The summed E-state index contributed by atoms with van der Waals surface area (Å²) in [5.41, 5.74) is 4.77. The largest absolute Gasteiger partial charge is 0.459 e. The Balaban J connectivity index is 2.33. The van der Waals surface area contributed by atoms with Crippen molar-refractivity contribution in [2.75, 3.05) is 0 Å². The molecule has 0 bridgehead atoms. The molecule has 0 spiro atoms. The molecular weight excluding hydrogens is 384 g/mol. The summed E-state index contributed by atoms with van der Waals surface area (Å²) in [6.45, 7) is 2.64. The highest BCUT2D eigenvalue weighted by Gasteiger charge is 2.42. The maximum absolute atomic E-state index is 12.8. The average Bonchev–Trinajstić information content (AvgIpc) is 2.66. The molecule has 1 aliphatic rings. The Kier molecular flexibility index (Phi) is 5.37. The molecule has 0 saturated heterocycles. The predicted octanol–water partition coefficient (Wildman–Crippen LogP) is 1.69. The number of esters is 1. The number of nitrogens with two attached hydrogens (primary N) is 1. The Morgan fingerprint density at radius 1 is 1.38 bits per heavy atom. The Bertz CT molecular complexity index is 1070. The van der Waals surface area contributed by atoms with Crippen molar-refractivity contribution in [3.63, 3.8) is 0 Å². The molecule has 10 heteroatoms. The zero-order chi connectivity index (χ0) is 21.3. The van der Waals surface area contributed by atoms with Crippen LogP contribution in [-0.2, 0) is 16.1 Å². The number of carbonyl (C=O) groups is 1. The Morgan fingerprint density at radius 2 is 2.07 bits per heavy atom. The molecule has 0 aliphatic carbocycles. The van der Waals surface area contributed by atoms with Crippen molar-refractivity contribution in [2.45, 2.75) is 32.5 Å². The van der Waals surface area contributed by atoms with Crippen LogP contribution in [0, 0.1) is 10.1 Å². The van der Waals surface area contributed by atoms with Gasteiger partial charge in [0.2, 0.25) is 17.1 Å². The van der Waals surface area contributed by atoms with Crippen molar-refractivity contribution in [1.82, 2.24) is 0 Å². The zero-order valence-corrected chi connectivity index (χ0v) is 15.6. The Hall–Kier alpha value is -3.66. The maximum Gasteiger partial charge on any atom is 0.340 e. The second kappa shape index (κ2) is 7.76. The van der Waals surface area contributed by atoms with E-state index >= 15 is 0 Å². The van der Waals surface area contributed by atoms with Crippen molar-refractivity contribution in [3.8, 4) is 5.75 Å². The molecule has 3 N–H and O–H groups in total. The summed E-state index contributed by atoms with van der Waals surface area (Å²) in [6.07, 6.45) is -0.508. The average molecular weight is 402 g/mol. The van der Waals surface area contributed by atoms with E-state index in [1.54, 1.807) is 13.8 Å². The second-order valence-electron chi connectivity index (χ2n) is 6.51. The van der Waals surface area contributed by atoms with Crippen LogP contribution >= 0.6 is 0 Å². The van der Waals surface area contributed by atoms with E-state index in [2.05, 4.69) is 0 Å². The van der Waals surface area contributed by atoms with Gasteiger partial charge >= 0.3 is 5.97 Å². The lowest BCUT2D eigenvalue weighted by atomic mass is 9.85. The molecule has 2 aromatic rings. The SMILES string of the molecule is CC(C)OC(=O)C1=C(N)Oc2c(oc(CO)cc2=O)C1c1ccccc1[N+](=O)[O-]. The first-order valence-electron chi connectivity index (χ1n) is 8.64. The van der Waals surface area contributed by atoms with Crippen LogP contribution in [0.5, 0.6) is 5.75 Å². The first-order valence-corrected chi connectivity index (χ1v) is 8.64. The molecule has 2 heterocycles. The number of rotatable bonds is 5. The van der Waals surface area contributed by atoms with Crippen molar-refractivity contribution >= 4 is 11.7 Å². The van der Waals surface area contributed by atoms with E-state index in [4.69, 9.17) is 19.6 Å². The molecule has 1 unspecified atom stereocenters. The van der Waals surface area contributed by atoms with Crippen molar-refractivity contribution in [1.29, 1.82) is 0 Å². The minimum absolute atomic E-state index is 0.0546. The number of nitro groups is 1. The van der Waals surface area contributed by atoms with Gasteiger partial charge in [-0.3, -0.25) is 14.9 Å². The summed E-state index contributed by atoms with van der Waals surface area (Å²) in [7, 11) is 0. The first kappa shape index (κ1) is 20.1. The Morgan fingerprint density at radius 3 is 2.69 bits per heavy atom. The summed E-state index contributed by atoms with van der Waals surface area (Å²) in [4.78, 5) is 36.1. The fourth-order valence-electron chi connectivity index (χ4n) is 3.05. The van der Waals surface area contributed by atoms with Crippen molar-refractivity contribution in [2.24, 2.45) is 5.73 Å². The number of aliphatic hydroxyl groups excluding tert-OH is 1. The lowest BCUT2D eigenvalue weighted by Crippen LogP contribution is -2.31. The van der Waals surface area contributed by atoms with E-state index < -0.39 is 40.8 Å². The van der Waals surface area contributed by atoms with E-state index in [9.17, 15) is 24.8 Å². The number of hydrogen-bond donors (Lipinski definition) is 2. The first-order chi connectivity index (χ1) is 13.7. The highest BCUT2D eigenvalue weighted by molar-refractivity contribution is 5.92. The van der Waals surface area contributed by atoms with Gasteiger partial charge in [0, 0.05) is 17.7 Å². The van der Waals surface area contributed by atoms with Crippen LogP contribution in [-0.4, -0.2) is 22.1 Å². The minimum atomic E-state index is -1.24. The fraction of sp³-hybridized carbons (Fsp3) is 0.263. The highest BCUT2D eigenvalue weighted by Crippen LogP contribution is 2.44. The zero-order valence-electron chi connectivity index (χ0n) is 15.6. The molecule has 0 amide bonds. The minimum Gasteiger partial charge on any atom is -0.459 e. The number of benzene rings is 1. The molecule has 0 radical (unpaired) electrons. The van der Waals surface area contributed by atoms with Gasteiger partial charge in [0.15, 0.2) is 5.76 Å². The van der Waals surface area contributed by atoms with Crippen LogP contribution in [0.2, 0.25) is 0 Å². The second-order valence-corrected chi connectivity index (χ2v) is 6.51. The quantitative estimate of drug-likeness (QED) is 0.431. The van der Waals surface area contributed by atoms with Crippen molar-refractivity contribution < 1.29 is 28.7 Å². The molecule has 3 rings (SSSR count). The number of aliphatic hydroxyl groups is 1. The number of para-hydroxylation sites is 1. The number of carbonyl (C=O) groups excluding carboxylic acids is 1. The summed E-state index contributed by atoms with van der Waals surface area (Å²) >= 11 is 0. The number of nitrogens with zero attached hydrogens (tertiary/aromatic N) is 1. The van der Waals surface area contributed by atoms with Gasteiger partial charge in [-0.2, -0.15) is 0 Å². The third-order valence-corrected chi connectivity index (χ3v) is 4.17. The summed E-state index contributed by atoms with van der Waals surface area (Å²) in [6, 6.07) is 6.67. The molecule has 0 saturated carbocycles. The smallest absolute Gasteiger partial charge is 0.340 e. The number of hydrogen-bond acceptors (Lipinski definition) is 9. The van der Waals surface area contributed by atoms with Gasteiger partial charge in [-0.25, -0.2) is 4.79 Å². The lowest BCUT2D eigenvalue weighted by Gasteiger charge is -2.27. The lowest BCUT2D eigenvalue weighted by molar-refractivity contribution is -0.385. The highest BCUT2D eigenvalue weighted by atomic mass is 16.6. The molecule has 152 valence electrons. The van der Waals surface area contributed by atoms with Crippen LogP contribution in [0.1, 0.15) is 36.8 Å². The van der Waals surface area contributed by atoms with Crippen LogP contribution in [0.15, 0.2) is 51.0 Å². The fourth-order valence-corrected chi connectivity index (χ4v) is 3.05. The summed E-state index contributed by atoms with van der Waals surface area (Å²) < 4.78 is 16.1. The van der Waals surface area contributed by atoms with E-state index in [1.807, 2.05) is 0 Å². The van der Waals surface area contributed by atoms with E-state index in [-0.39, 0.29) is 34.1 Å². The standard InChI is InChI=1S/C19H18N2O8/c1-9(2)27-19(24)15-14(11-5-3-4-6-12(11)21(25)26)17-16(29-18(15)20)13(23)7-10(8-22)28-17/h3-7,9,14,22H,8,20H2,1-2H3. The molecule has 29 heavy (non-hydrogen) atoms. The van der Waals surface area contributed by atoms with Crippen LogP contribution < -0.4 is 15.9 Å². The van der Waals surface area contributed by atoms with Gasteiger partial charge in [0.1, 0.15) is 17.9 Å². The third kappa shape index (κ3) is 3.69. The summed E-state index contributed by atoms with van der Waals surface area (Å²) in [5, 5.41) is 21.0. The van der Waals surface area contributed by atoms with Crippen LogP contribution in [0.3, 0.4) is 0 Å². The summed E-state index contributed by atoms with van der Waals surface area (Å²) in [5.74, 6) is -3.13. The van der Waals surface area contributed by atoms with Crippen LogP contribution in [0.25, 0.3) is 0 Å². The van der Waals surface area contributed by atoms with Crippen LogP contribution in [0.4, 0.5) is 5.69 Å². The van der Waals surface area contributed by atoms with Gasteiger partial charge in [0.25, 0.3) is 5.69 Å². The van der Waals surface area contributed by atoms with Crippen molar-refractivity contribution in [3.05, 3.63) is 79.2 Å². The number of fused-ring (bicyclic) bond motifs is 1. The molecule has 10 nitrogen and oxygen atoms in total. The van der Waals surface area contributed by atoms with Gasteiger partial charge < -0.3 is 24.7 Å². The van der Waals surface area contributed by atoms with Gasteiger partial charge in [0.05, 0.1) is 16.9 Å². The topological polar surface area (TPSA) is 155 Å². The molecule has 0 fully saturated rings. The van der Waals surface area contributed by atoms with E-state index in [0.29, 0.717) is 0 Å². The molecular formula is C19H18N2O8. The molecule has 1 aromatic heterocycles. The number of nitro benzene ring substituents is 1. The van der Waals surface area contributed by atoms with Gasteiger partial charge in [-0.1, -0.05) is 18.2 Å². The molecule has 1 aliphatic heterocycles. The van der Waals surface area contributed by atoms with E-state index in [1.165, 1.54) is 24.3 Å². The van der Waals surface area contributed by atoms with Gasteiger partial charge in [-0.05, 0) is 13.8 Å². The normalized spacial score (nSPS) is 15.7. The third-order valence-electron chi connectivity index (χ3n) is 4.17. The van der Waals surface area contributed by atoms with E-state index in [0.717, 1.165) is 6.07 Å². The number of ether oxygens (including phenoxy) is 2. The monoisotopic (exact) mass is 402 g/mol. The molecule has 1 atom stereocenters. The Labute approximate surface area is 164 Å².